The first-order valence-electron chi connectivity index (χ1n) is 12.4. The number of hydrogen-bond donors (Lipinski definition) is 1. The first kappa shape index (κ1) is 25.2. The maximum Gasteiger partial charge on any atom is 0.508 e. The summed E-state index contributed by atoms with van der Waals surface area (Å²) in [5.41, 5.74) is -3.80. The molecule has 0 bridgehead atoms. The second kappa shape index (κ2) is 7.54. The predicted molar refractivity (Wildman–Crippen MR) is 121 cm³/mol. The average molecular weight is 507 g/mol. The van der Waals surface area contributed by atoms with Gasteiger partial charge in [0.1, 0.15) is 23.2 Å². The third-order valence-electron chi connectivity index (χ3n) is 9.90. The number of esters is 2. The molecule has 10 heteroatoms. The Morgan fingerprint density at radius 1 is 1.11 bits per heavy atom. The summed E-state index contributed by atoms with van der Waals surface area (Å²) >= 11 is 0. The van der Waals surface area contributed by atoms with Crippen LogP contribution < -0.4 is 0 Å². The molecular weight excluding hydrogens is 472 g/mol. The number of allylic oxidation sites excluding steroid dienone is 1. The molecule has 1 saturated carbocycles. The predicted octanol–water partition coefficient (Wildman–Crippen LogP) is 2.45. The molecule has 0 spiro atoms. The molecule has 5 aliphatic rings. The minimum absolute atomic E-state index is 0.0592. The first-order chi connectivity index (χ1) is 16.6. The number of aliphatic hydroxyl groups is 1. The SMILES string of the molecule is COC(=O)OC1CC2C(=C(C)C3CC4(C)C(=O)OC5OC(C)C(=O)C(C13C)C54O)CC(=O)OC2(C)C. The molecule has 198 valence electrons. The van der Waals surface area contributed by atoms with Crippen LogP contribution in [0.4, 0.5) is 4.79 Å². The molecule has 2 aliphatic carbocycles. The number of Topliss-reactive ketones (excluding diaryl/α,β-unsaturated/α-hetero) is 1. The quantitative estimate of drug-likeness (QED) is 0.321. The van der Waals surface area contributed by atoms with E-state index in [-0.39, 0.29) is 31.1 Å². The fourth-order valence-electron chi connectivity index (χ4n) is 7.89. The molecular formula is C26H34O10. The number of carbonyl (C=O) groups excluding carboxylic acids is 4. The Morgan fingerprint density at radius 2 is 1.78 bits per heavy atom. The number of fused-ring (bicyclic) bond motifs is 3. The molecule has 3 heterocycles. The maximum absolute atomic E-state index is 13.9. The van der Waals surface area contributed by atoms with Crippen LogP contribution in [0.2, 0.25) is 0 Å². The molecule has 10 nitrogen and oxygen atoms in total. The van der Waals surface area contributed by atoms with Gasteiger partial charge in [-0.05, 0) is 53.4 Å². The van der Waals surface area contributed by atoms with Crippen molar-refractivity contribution in [2.45, 2.75) is 90.5 Å². The van der Waals surface area contributed by atoms with Crippen molar-refractivity contribution in [2.75, 3.05) is 7.11 Å². The van der Waals surface area contributed by atoms with E-state index in [0.717, 1.165) is 11.1 Å². The first-order valence-corrected chi connectivity index (χ1v) is 12.4. The van der Waals surface area contributed by atoms with Gasteiger partial charge in [-0.2, -0.15) is 0 Å². The summed E-state index contributed by atoms with van der Waals surface area (Å²) in [5.74, 6) is -3.36. The number of rotatable bonds is 1. The lowest BCUT2D eigenvalue weighted by Crippen LogP contribution is -2.74. The smallest absolute Gasteiger partial charge is 0.459 e. The molecule has 36 heavy (non-hydrogen) atoms. The van der Waals surface area contributed by atoms with Crippen molar-refractivity contribution in [2.24, 2.45) is 28.6 Å². The van der Waals surface area contributed by atoms with Crippen molar-refractivity contribution in [3.63, 3.8) is 0 Å². The standard InChI is InChI=1S/C26H34O10/c1-11-13-8-17(27)36-23(3,4)14(13)9-16(34-22(30)32-7)25(6)15(11)10-24(5)20(29)35-21-26(24,31)19(25)18(28)12(2)33-21/h12,14-16,19,21,31H,8-10H2,1-7H3. The highest BCUT2D eigenvalue weighted by Crippen LogP contribution is 2.69. The van der Waals surface area contributed by atoms with Gasteiger partial charge in [0.15, 0.2) is 11.4 Å². The summed E-state index contributed by atoms with van der Waals surface area (Å²) in [7, 11) is 1.20. The molecule has 0 aromatic carbocycles. The Balaban J connectivity index is 1.79. The van der Waals surface area contributed by atoms with E-state index < -0.39 is 70.3 Å². The molecule has 0 aromatic heterocycles. The van der Waals surface area contributed by atoms with Gasteiger partial charge in [-0.3, -0.25) is 14.4 Å². The molecule has 0 radical (unpaired) electrons. The van der Waals surface area contributed by atoms with E-state index in [0.29, 0.717) is 0 Å². The van der Waals surface area contributed by atoms with Crippen LogP contribution in [0.5, 0.6) is 0 Å². The Labute approximate surface area is 209 Å². The number of hydrogen-bond acceptors (Lipinski definition) is 10. The second-order valence-corrected chi connectivity index (χ2v) is 11.9. The monoisotopic (exact) mass is 506 g/mol. The van der Waals surface area contributed by atoms with Gasteiger partial charge in [0.25, 0.3) is 0 Å². The molecule has 1 N–H and O–H groups in total. The van der Waals surface area contributed by atoms with Crippen molar-refractivity contribution in [1.82, 2.24) is 0 Å². The van der Waals surface area contributed by atoms with Gasteiger partial charge in [0.2, 0.25) is 6.29 Å². The van der Waals surface area contributed by atoms with Crippen molar-refractivity contribution in [3.8, 4) is 0 Å². The van der Waals surface area contributed by atoms with Gasteiger partial charge >= 0.3 is 18.1 Å². The van der Waals surface area contributed by atoms with Crippen molar-refractivity contribution < 1.29 is 48.0 Å². The summed E-state index contributed by atoms with van der Waals surface area (Å²) in [6.07, 6.45) is -3.70. The summed E-state index contributed by atoms with van der Waals surface area (Å²) in [6.45, 7) is 10.5. The lowest BCUT2D eigenvalue weighted by Gasteiger charge is -2.61. The Bertz CT molecular complexity index is 1090. The summed E-state index contributed by atoms with van der Waals surface area (Å²) < 4.78 is 27.7. The lowest BCUT2D eigenvalue weighted by molar-refractivity contribution is -0.297. The minimum Gasteiger partial charge on any atom is -0.459 e. The van der Waals surface area contributed by atoms with Crippen molar-refractivity contribution in [1.29, 1.82) is 0 Å². The van der Waals surface area contributed by atoms with Crippen LogP contribution in [-0.2, 0) is 38.1 Å². The van der Waals surface area contributed by atoms with Gasteiger partial charge < -0.3 is 28.8 Å². The lowest BCUT2D eigenvalue weighted by atomic mass is 9.43. The highest BCUT2D eigenvalue weighted by Gasteiger charge is 2.81. The van der Waals surface area contributed by atoms with E-state index in [9.17, 15) is 24.3 Å². The molecule has 9 atom stereocenters. The highest BCUT2D eigenvalue weighted by molar-refractivity contribution is 5.92. The number of carbonyl (C=O) groups is 4. The number of methoxy groups -OCH3 is 1. The van der Waals surface area contributed by atoms with Crippen LogP contribution in [0.25, 0.3) is 0 Å². The maximum atomic E-state index is 13.9. The third-order valence-corrected chi connectivity index (χ3v) is 9.90. The minimum atomic E-state index is -1.97. The summed E-state index contributed by atoms with van der Waals surface area (Å²) in [4.78, 5) is 52.2. The topological polar surface area (TPSA) is 135 Å². The van der Waals surface area contributed by atoms with Gasteiger partial charge in [-0.1, -0.05) is 18.1 Å². The number of ketones is 1. The Hall–Kier alpha value is -2.46. The molecule has 3 aliphatic heterocycles. The summed E-state index contributed by atoms with van der Waals surface area (Å²) in [5, 5.41) is 12.2. The van der Waals surface area contributed by atoms with E-state index in [2.05, 4.69) is 0 Å². The molecule has 5 rings (SSSR count). The van der Waals surface area contributed by atoms with Gasteiger partial charge in [-0.25, -0.2) is 4.79 Å². The zero-order chi connectivity index (χ0) is 26.6. The normalized spacial score (nSPS) is 47.1. The van der Waals surface area contributed by atoms with Gasteiger partial charge in [-0.15, -0.1) is 0 Å². The highest BCUT2D eigenvalue weighted by atomic mass is 16.7. The fraction of sp³-hybridized carbons (Fsp3) is 0.769. The largest absolute Gasteiger partial charge is 0.508 e. The van der Waals surface area contributed by atoms with E-state index >= 15 is 0 Å². The van der Waals surface area contributed by atoms with Crippen LogP contribution in [-0.4, -0.2) is 65.8 Å². The molecule has 4 fully saturated rings. The second-order valence-electron chi connectivity index (χ2n) is 11.9. The van der Waals surface area contributed by atoms with E-state index in [1.165, 1.54) is 7.11 Å². The molecule has 0 aromatic rings. The van der Waals surface area contributed by atoms with Gasteiger partial charge in [0.05, 0.1) is 19.4 Å². The van der Waals surface area contributed by atoms with Gasteiger partial charge in [0, 0.05) is 11.3 Å². The molecule has 0 amide bonds. The van der Waals surface area contributed by atoms with Crippen LogP contribution in [0.15, 0.2) is 11.1 Å². The molecule has 9 unspecified atom stereocenters. The van der Waals surface area contributed by atoms with Crippen LogP contribution in [0, 0.1) is 28.6 Å². The number of ether oxygens (including phenoxy) is 5. The third kappa shape index (κ3) is 2.91. The number of cyclic esters (lactones) is 1. The van der Waals surface area contributed by atoms with E-state index in [4.69, 9.17) is 23.7 Å². The fourth-order valence-corrected chi connectivity index (χ4v) is 7.89. The Morgan fingerprint density at radius 3 is 2.42 bits per heavy atom. The van der Waals surface area contributed by atoms with Crippen LogP contribution in [0.3, 0.4) is 0 Å². The molecule has 3 saturated heterocycles. The van der Waals surface area contributed by atoms with Crippen LogP contribution >= 0.6 is 0 Å². The zero-order valence-corrected chi connectivity index (χ0v) is 21.7. The van der Waals surface area contributed by atoms with E-state index in [1.54, 1.807) is 13.8 Å². The van der Waals surface area contributed by atoms with Crippen molar-refractivity contribution in [3.05, 3.63) is 11.1 Å². The van der Waals surface area contributed by atoms with Crippen molar-refractivity contribution >= 4 is 23.9 Å². The van der Waals surface area contributed by atoms with Crippen LogP contribution in [0.1, 0.15) is 60.8 Å². The average Bonchev–Trinajstić information content (AvgIpc) is 2.92. The van der Waals surface area contributed by atoms with E-state index in [1.807, 2.05) is 27.7 Å². The summed E-state index contributed by atoms with van der Waals surface area (Å²) in [6, 6.07) is 0. The zero-order valence-electron chi connectivity index (χ0n) is 21.7. The Kier molecular flexibility index (Phi) is 5.28.